The first kappa shape index (κ1) is 19.7. The Labute approximate surface area is 176 Å². The fourth-order valence-electron chi connectivity index (χ4n) is 4.11. The van der Waals surface area contributed by atoms with E-state index in [1.807, 2.05) is 37.3 Å². The highest BCUT2D eigenvalue weighted by atomic mass is 35.5. The Balaban J connectivity index is 1.44. The molecule has 4 rings (SSSR count). The van der Waals surface area contributed by atoms with Crippen LogP contribution in [-0.2, 0) is 10.3 Å². The highest BCUT2D eigenvalue weighted by Gasteiger charge is 2.51. The van der Waals surface area contributed by atoms with Crippen LogP contribution in [0.15, 0.2) is 54.6 Å². The summed E-state index contributed by atoms with van der Waals surface area (Å²) in [5, 5.41) is 3.54. The second-order valence-electron chi connectivity index (χ2n) is 7.51. The Morgan fingerprint density at radius 1 is 0.966 bits per heavy atom. The summed E-state index contributed by atoms with van der Waals surface area (Å²) in [5.74, 6) is -0.196. The van der Waals surface area contributed by atoms with E-state index in [2.05, 4.69) is 27.2 Å². The summed E-state index contributed by atoms with van der Waals surface area (Å²) in [6.07, 6.45) is 0.484. The van der Waals surface area contributed by atoms with Crippen LogP contribution in [0.5, 0.6) is 0 Å². The van der Waals surface area contributed by atoms with Crippen molar-refractivity contribution in [3.63, 3.8) is 0 Å². The average Bonchev–Trinajstić information content (AvgIpc) is 3.00. The van der Waals surface area contributed by atoms with Crippen molar-refractivity contribution < 1.29 is 9.59 Å². The van der Waals surface area contributed by atoms with Crippen molar-refractivity contribution in [3.8, 4) is 0 Å². The van der Waals surface area contributed by atoms with Crippen molar-refractivity contribution >= 4 is 29.2 Å². The molecule has 0 saturated carbocycles. The third-order valence-electron chi connectivity index (χ3n) is 5.88. The second-order valence-corrected chi connectivity index (χ2v) is 7.95. The predicted octanol–water partition coefficient (Wildman–Crippen LogP) is 3.28. The van der Waals surface area contributed by atoms with E-state index in [-0.39, 0.29) is 11.9 Å². The Hall–Kier alpha value is -2.57. The average molecular weight is 413 g/mol. The van der Waals surface area contributed by atoms with Gasteiger partial charge in [0.15, 0.2) is 0 Å². The van der Waals surface area contributed by atoms with Gasteiger partial charge in [0.1, 0.15) is 5.54 Å². The minimum absolute atomic E-state index is 0.196. The molecule has 2 fully saturated rings. The zero-order valence-electron chi connectivity index (χ0n) is 16.5. The maximum Gasteiger partial charge on any atom is 0.326 e. The van der Waals surface area contributed by atoms with Gasteiger partial charge in [0.05, 0.1) is 6.67 Å². The number of rotatable bonds is 5. The molecule has 2 saturated heterocycles. The van der Waals surface area contributed by atoms with E-state index in [1.54, 1.807) is 12.1 Å². The summed E-state index contributed by atoms with van der Waals surface area (Å²) in [5.41, 5.74) is 0.946. The number of imide groups is 1. The quantitative estimate of drug-likeness (QED) is 0.766. The van der Waals surface area contributed by atoms with Crippen molar-refractivity contribution in [3.05, 3.63) is 65.2 Å². The second kappa shape index (κ2) is 8.05. The molecular formula is C22H25ClN4O2. The first-order chi connectivity index (χ1) is 14.0. The minimum atomic E-state index is -1.02. The predicted molar refractivity (Wildman–Crippen MR) is 114 cm³/mol. The lowest BCUT2D eigenvalue weighted by atomic mass is 9.87. The van der Waals surface area contributed by atoms with Crippen molar-refractivity contribution in [2.24, 2.45) is 0 Å². The van der Waals surface area contributed by atoms with Gasteiger partial charge in [-0.1, -0.05) is 48.9 Å². The summed E-state index contributed by atoms with van der Waals surface area (Å²) in [6, 6.07) is 17.1. The number of carbonyl (C=O) groups excluding carboxylic acids is 2. The number of nitrogens with zero attached hydrogens (tertiary/aromatic N) is 3. The molecule has 0 aliphatic carbocycles. The summed E-state index contributed by atoms with van der Waals surface area (Å²) < 4.78 is 0. The molecule has 0 aromatic heterocycles. The van der Waals surface area contributed by atoms with Gasteiger partial charge in [-0.25, -0.2) is 9.69 Å². The maximum atomic E-state index is 13.3. The minimum Gasteiger partial charge on any atom is -0.369 e. The van der Waals surface area contributed by atoms with Crippen LogP contribution in [0.4, 0.5) is 10.5 Å². The number of anilines is 1. The molecule has 152 valence electrons. The van der Waals surface area contributed by atoms with Gasteiger partial charge in [0.2, 0.25) is 0 Å². The Bertz CT molecular complexity index is 881. The van der Waals surface area contributed by atoms with E-state index in [4.69, 9.17) is 11.6 Å². The van der Waals surface area contributed by atoms with E-state index >= 15 is 0 Å². The van der Waals surface area contributed by atoms with Gasteiger partial charge < -0.3 is 10.2 Å². The van der Waals surface area contributed by atoms with Crippen molar-refractivity contribution in [1.29, 1.82) is 0 Å². The molecule has 2 heterocycles. The third kappa shape index (κ3) is 3.70. The van der Waals surface area contributed by atoms with Gasteiger partial charge in [0, 0.05) is 36.9 Å². The standard InChI is InChI=1S/C22H25ClN4O2/c1-2-22(17-8-10-18(23)11-9-17)20(28)27(21(29)24-22)16-25-12-14-26(15-13-25)19-6-4-3-5-7-19/h3-11H,2,12-16H2,1H3,(H,24,29)/t22-/m1/s1. The molecule has 3 amide bonds. The van der Waals surface area contributed by atoms with Crippen molar-refractivity contribution in [1.82, 2.24) is 15.1 Å². The zero-order chi connectivity index (χ0) is 20.4. The molecule has 6 nitrogen and oxygen atoms in total. The molecule has 0 spiro atoms. The molecule has 2 aromatic carbocycles. The zero-order valence-corrected chi connectivity index (χ0v) is 17.2. The van der Waals surface area contributed by atoms with Crippen LogP contribution in [0.1, 0.15) is 18.9 Å². The smallest absolute Gasteiger partial charge is 0.326 e. The lowest BCUT2D eigenvalue weighted by molar-refractivity contribution is -0.133. The van der Waals surface area contributed by atoms with Crippen LogP contribution < -0.4 is 10.2 Å². The van der Waals surface area contributed by atoms with Gasteiger partial charge >= 0.3 is 6.03 Å². The van der Waals surface area contributed by atoms with Crippen LogP contribution in [0.2, 0.25) is 5.02 Å². The molecule has 2 aliphatic heterocycles. The largest absolute Gasteiger partial charge is 0.369 e. The van der Waals surface area contributed by atoms with Crippen LogP contribution in [0.3, 0.4) is 0 Å². The Kier molecular flexibility index (Phi) is 5.48. The molecule has 2 aliphatic rings. The molecule has 0 bridgehead atoms. The SMILES string of the molecule is CC[C@]1(c2ccc(Cl)cc2)NC(=O)N(CN2CCN(c3ccccc3)CC2)C1=O. The summed E-state index contributed by atoms with van der Waals surface area (Å²) in [7, 11) is 0. The molecule has 2 aromatic rings. The number of hydrogen-bond donors (Lipinski definition) is 1. The number of piperazine rings is 1. The van der Waals surface area contributed by atoms with Crippen molar-refractivity contribution in [2.75, 3.05) is 37.7 Å². The topological polar surface area (TPSA) is 55.9 Å². The first-order valence-corrected chi connectivity index (χ1v) is 10.3. The van der Waals surface area contributed by atoms with Crippen molar-refractivity contribution in [2.45, 2.75) is 18.9 Å². The van der Waals surface area contributed by atoms with E-state index in [9.17, 15) is 9.59 Å². The van der Waals surface area contributed by atoms with Gasteiger partial charge in [-0.15, -0.1) is 0 Å². The van der Waals surface area contributed by atoms with Gasteiger partial charge in [-0.2, -0.15) is 0 Å². The highest BCUT2D eigenvalue weighted by molar-refractivity contribution is 6.30. The monoisotopic (exact) mass is 412 g/mol. The lowest BCUT2D eigenvalue weighted by Crippen LogP contribution is -2.51. The number of halogens is 1. The van der Waals surface area contributed by atoms with Crippen LogP contribution in [0.25, 0.3) is 0 Å². The highest BCUT2D eigenvalue weighted by Crippen LogP contribution is 2.33. The third-order valence-corrected chi connectivity index (χ3v) is 6.13. The van der Waals surface area contributed by atoms with Gasteiger partial charge in [-0.3, -0.25) is 9.69 Å². The molecule has 1 atom stereocenters. The van der Waals surface area contributed by atoms with Crippen LogP contribution in [-0.4, -0.2) is 54.6 Å². The van der Waals surface area contributed by atoms with Gasteiger partial charge in [0.25, 0.3) is 5.91 Å². The number of carbonyl (C=O) groups is 2. The van der Waals surface area contributed by atoms with Crippen LogP contribution in [0, 0.1) is 0 Å². The normalized spacial score (nSPS) is 22.8. The Morgan fingerprint density at radius 3 is 2.24 bits per heavy atom. The summed E-state index contributed by atoms with van der Waals surface area (Å²) in [4.78, 5) is 31.8. The molecular weight excluding hydrogens is 388 g/mol. The van der Waals surface area contributed by atoms with E-state index < -0.39 is 5.54 Å². The lowest BCUT2D eigenvalue weighted by Gasteiger charge is -2.37. The van der Waals surface area contributed by atoms with E-state index in [0.717, 1.165) is 31.7 Å². The molecule has 29 heavy (non-hydrogen) atoms. The number of amides is 3. The number of benzene rings is 2. The van der Waals surface area contributed by atoms with E-state index in [1.165, 1.54) is 10.6 Å². The summed E-state index contributed by atoms with van der Waals surface area (Å²) in [6.45, 7) is 5.54. The number of hydrogen-bond acceptors (Lipinski definition) is 4. The molecule has 0 radical (unpaired) electrons. The fraction of sp³-hybridized carbons (Fsp3) is 0.364. The first-order valence-electron chi connectivity index (χ1n) is 9.96. The molecule has 1 N–H and O–H groups in total. The number of urea groups is 1. The molecule has 0 unspecified atom stereocenters. The molecule has 7 heteroatoms. The van der Waals surface area contributed by atoms with E-state index in [0.29, 0.717) is 18.1 Å². The summed E-state index contributed by atoms with van der Waals surface area (Å²) >= 11 is 5.99. The number of para-hydroxylation sites is 1. The van der Waals surface area contributed by atoms with Gasteiger partial charge in [-0.05, 0) is 36.2 Å². The Morgan fingerprint density at radius 2 is 1.62 bits per heavy atom. The maximum absolute atomic E-state index is 13.3. The van der Waals surface area contributed by atoms with Crippen LogP contribution >= 0.6 is 11.6 Å². The number of nitrogens with one attached hydrogen (secondary N) is 1. The fourth-order valence-corrected chi connectivity index (χ4v) is 4.24.